The Morgan fingerprint density at radius 3 is 2.33 bits per heavy atom. The molecule has 0 fully saturated rings. The predicted octanol–water partition coefficient (Wildman–Crippen LogP) is 2.76. The summed E-state index contributed by atoms with van der Waals surface area (Å²) in [4.78, 5) is 10.7. The Balaban J connectivity index is 3.42. The minimum absolute atomic E-state index is 0.0788. The third kappa shape index (κ3) is 2.52. The quantitative estimate of drug-likeness (QED) is 0.709. The van der Waals surface area contributed by atoms with Gasteiger partial charge in [-0.25, -0.2) is 0 Å². The number of benzene rings is 1. The molecule has 7 heteroatoms. The molecule has 4 nitrogen and oxygen atoms in total. The Labute approximate surface area is 111 Å². The third-order valence-electron chi connectivity index (χ3n) is 1.76. The molecule has 4 N–H and O–H groups in total. The summed E-state index contributed by atoms with van der Waals surface area (Å²) in [6.07, 6.45) is 0. The molecule has 0 heterocycles. The molecule has 0 amide bonds. The Morgan fingerprint density at radius 2 is 1.87 bits per heavy atom. The molecule has 0 aromatic heterocycles. The maximum absolute atomic E-state index is 10.7. The van der Waals surface area contributed by atoms with Crippen molar-refractivity contribution in [2.45, 2.75) is 6.04 Å². The van der Waals surface area contributed by atoms with Crippen LogP contribution in [0.4, 0.5) is 0 Å². The zero-order chi connectivity index (χ0) is 11.7. The molecule has 0 aliphatic carbocycles. The Kier molecular flexibility index (Phi) is 4.16. The second-order valence-corrected chi connectivity index (χ2v) is 5.23. The normalized spacial score (nSPS) is 12.5. The SMILES string of the molecule is N[C@H](C(=O)O)c1c(Br)cc(Br)c(O)c1Br. The van der Waals surface area contributed by atoms with E-state index in [-0.39, 0.29) is 10.2 Å². The van der Waals surface area contributed by atoms with Gasteiger partial charge in [-0.3, -0.25) is 4.79 Å². The van der Waals surface area contributed by atoms with Crippen LogP contribution in [-0.4, -0.2) is 16.2 Å². The molecule has 15 heavy (non-hydrogen) atoms. The average molecular weight is 404 g/mol. The third-order valence-corrected chi connectivity index (χ3v) is 3.82. The first-order chi connectivity index (χ1) is 6.86. The van der Waals surface area contributed by atoms with Crippen LogP contribution in [0.5, 0.6) is 5.75 Å². The second kappa shape index (κ2) is 4.82. The monoisotopic (exact) mass is 401 g/mol. The fraction of sp³-hybridized carbons (Fsp3) is 0.125. The number of carbonyl (C=O) groups is 1. The van der Waals surface area contributed by atoms with Crippen LogP contribution in [0.2, 0.25) is 0 Å². The highest BCUT2D eigenvalue weighted by atomic mass is 79.9. The summed E-state index contributed by atoms with van der Waals surface area (Å²) in [5.41, 5.74) is 5.77. The van der Waals surface area contributed by atoms with E-state index in [9.17, 15) is 9.90 Å². The minimum Gasteiger partial charge on any atom is -0.506 e. The minimum atomic E-state index is -1.20. The molecule has 0 unspecified atom stereocenters. The van der Waals surface area contributed by atoms with Gasteiger partial charge >= 0.3 is 5.97 Å². The molecule has 0 saturated heterocycles. The number of phenols is 1. The molecule has 0 bridgehead atoms. The molecular formula is C8H6Br3NO3. The lowest BCUT2D eigenvalue weighted by atomic mass is 10.1. The first-order valence-electron chi connectivity index (χ1n) is 3.71. The van der Waals surface area contributed by atoms with Gasteiger partial charge < -0.3 is 15.9 Å². The van der Waals surface area contributed by atoms with Crippen LogP contribution in [-0.2, 0) is 4.79 Å². The van der Waals surface area contributed by atoms with Crippen molar-refractivity contribution < 1.29 is 15.0 Å². The van der Waals surface area contributed by atoms with E-state index in [2.05, 4.69) is 47.8 Å². The van der Waals surface area contributed by atoms with Crippen molar-refractivity contribution in [2.24, 2.45) is 5.73 Å². The molecule has 0 spiro atoms. The van der Waals surface area contributed by atoms with E-state index in [0.29, 0.717) is 14.5 Å². The zero-order valence-corrected chi connectivity index (χ0v) is 11.9. The highest BCUT2D eigenvalue weighted by molar-refractivity contribution is 9.11. The number of carboxylic acid groups (broad SMARTS) is 1. The maximum Gasteiger partial charge on any atom is 0.325 e. The highest BCUT2D eigenvalue weighted by Gasteiger charge is 2.23. The van der Waals surface area contributed by atoms with E-state index in [4.69, 9.17) is 10.8 Å². The van der Waals surface area contributed by atoms with Crippen LogP contribution in [0, 0.1) is 0 Å². The molecular weight excluding hydrogens is 398 g/mol. The fourth-order valence-corrected chi connectivity index (χ4v) is 3.62. The molecule has 0 aliphatic heterocycles. The number of halogens is 3. The van der Waals surface area contributed by atoms with E-state index in [1.165, 1.54) is 6.07 Å². The van der Waals surface area contributed by atoms with Gasteiger partial charge in [0.15, 0.2) is 0 Å². The second-order valence-electron chi connectivity index (χ2n) is 2.73. The van der Waals surface area contributed by atoms with Gasteiger partial charge in [0.25, 0.3) is 0 Å². The lowest BCUT2D eigenvalue weighted by Gasteiger charge is -2.13. The van der Waals surface area contributed by atoms with Crippen molar-refractivity contribution in [1.82, 2.24) is 0 Å². The molecule has 1 aromatic carbocycles. The summed E-state index contributed by atoms with van der Waals surface area (Å²) < 4.78 is 1.22. The first kappa shape index (κ1) is 13.0. The molecule has 0 aliphatic rings. The summed E-state index contributed by atoms with van der Waals surface area (Å²) in [5.74, 6) is -1.25. The standard InChI is InChI=1S/C8H6Br3NO3/c9-2-1-3(10)7(13)5(11)4(2)6(12)8(14)15/h1,6,13H,12H2,(H,14,15)/t6-/m0/s1. The van der Waals surface area contributed by atoms with Crippen LogP contribution in [0.3, 0.4) is 0 Å². The van der Waals surface area contributed by atoms with Crippen molar-refractivity contribution in [3.05, 3.63) is 25.0 Å². The largest absolute Gasteiger partial charge is 0.506 e. The Bertz CT molecular complexity index is 422. The van der Waals surface area contributed by atoms with Crippen molar-refractivity contribution >= 4 is 53.8 Å². The van der Waals surface area contributed by atoms with Gasteiger partial charge in [0.1, 0.15) is 11.8 Å². The van der Waals surface area contributed by atoms with Crippen LogP contribution >= 0.6 is 47.8 Å². The van der Waals surface area contributed by atoms with Crippen LogP contribution in [0.1, 0.15) is 11.6 Å². The van der Waals surface area contributed by atoms with E-state index in [0.717, 1.165) is 0 Å². The Hall–Kier alpha value is -0.110. The lowest BCUT2D eigenvalue weighted by molar-refractivity contribution is -0.138. The number of nitrogens with two attached hydrogens (primary N) is 1. The highest BCUT2D eigenvalue weighted by Crippen LogP contribution is 2.41. The van der Waals surface area contributed by atoms with Gasteiger partial charge in [-0.2, -0.15) is 0 Å². The lowest BCUT2D eigenvalue weighted by Crippen LogP contribution is -2.21. The van der Waals surface area contributed by atoms with Gasteiger partial charge in [0.2, 0.25) is 0 Å². The summed E-state index contributed by atoms with van der Waals surface area (Å²) in [7, 11) is 0. The summed E-state index contributed by atoms with van der Waals surface area (Å²) in [5, 5.41) is 18.4. The number of rotatable bonds is 2. The number of hydrogen-bond acceptors (Lipinski definition) is 3. The van der Waals surface area contributed by atoms with E-state index < -0.39 is 12.0 Å². The molecule has 0 saturated carbocycles. The van der Waals surface area contributed by atoms with Gasteiger partial charge in [-0.15, -0.1) is 0 Å². The van der Waals surface area contributed by atoms with Crippen molar-refractivity contribution in [1.29, 1.82) is 0 Å². The van der Waals surface area contributed by atoms with Gasteiger partial charge in [-0.1, -0.05) is 15.9 Å². The van der Waals surface area contributed by atoms with Crippen molar-refractivity contribution in [2.75, 3.05) is 0 Å². The maximum atomic E-state index is 10.7. The van der Waals surface area contributed by atoms with Crippen LogP contribution in [0.15, 0.2) is 19.5 Å². The molecule has 82 valence electrons. The molecule has 1 atom stereocenters. The van der Waals surface area contributed by atoms with Gasteiger partial charge in [0, 0.05) is 10.0 Å². The number of hydrogen-bond donors (Lipinski definition) is 3. The van der Waals surface area contributed by atoms with Gasteiger partial charge in [-0.05, 0) is 37.9 Å². The van der Waals surface area contributed by atoms with Crippen molar-refractivity contribution in [3.63, 3.8) is 0 Å². The first-order valence-corrected chi connectivity index (χ1v) is 6.09. The molecule has 0 radical (unpaired) electrons. The molecule has 1 rings (SSSR count). The van der Waals surface area contributed by atoms with E-state index in [1.54, 1.807) is 0 Å². The van der Waals surface area contributed by atoms with E-state index >= 15 is 0 Å². The van der Waals surface area contributed by atoms with Crippen LogP contribution in [0.25, 0.3) is 0 Å². The Morgan fingerprint density at radius 1 is 1.33 bits per heavy atom. The topological polar surface area (TPSA) is 83.6 Å². The van der Waals surface area contributed by atoms with E-state index in [1.807, 2.05) is 0 Å². The predicted molar refractivity (Wildman–Crippen MR) is 65.8 cm³/mol. The van der Waals surface area contributed by atoms with Crippen LogP contribution < -0.4 is 5.73 Å². The number of carboxylic acids is 1. The number of phenolic OH excluding ortho intramolecular Hbond substituents is 1. The molecule has 1 aromatic rings. The number of aliphatic carboxylic acids is 1. The van der Waals surface area contributed by atoms with Crippen molar-refractivity contribution in [3.8, 4) is 5.75 Å². The van der Waals surface area contributed by atoms with Gasteiger partial charge in [0.05, 0.1) is 8.95 Å². The number of aromatic hydroxyl groups is 1. The summed E-state index contributed by atoms with van der Waals surface area (Å²) in [6, 6.07) is 0.339. The summed E-state index contributed by atoms with van der Waals surface area (Å²) in [6.45, 7) is 0. The average Bonchev–Trinajstić information content (AvgIpc) is 2.14. The zero-order valence-electron chi connectivity index (χ0n) is 7.17. The summed E-state index contributed by atoms with van der Waals surface area (Å²) >= 11 is 9.40. The fourth-order valence-electron chi connectivity index (χ4n) is 1.00. The smallest absolute Gasteiger partial charge is 0.325 e.